The van der Waals surface area contributed by atoms with Crippen LogP contribution in [0.3, 0.4) is 0 Å². The van der Waals surface area contributed by atoms with Gasteiger partial charge in [0.05, 0.1) is 0 Å². The van der Waals surface area contributed by atoms with Gasteiger partial charge in [-0.25, -0.2) is 4.39 Å². The number of nitrogens with one attached hydrogen (secondary N) is 1. The molecule has 1 rings (SSSR count). The maximum absolute atomic E-state index is 12.9. The van der Waals surface area contributed by atoms with Crippen molar-refractivity contribution < 1.29 is 9.18 Å². The molecule has 0 aliphatic carbocycles. The van der Waals surface area contributed by atoms with Gasteiger partial charge in [0.2, 0.25) is 5.91 Å². The monoisotopic (exact) mass is 238 g/mol. The molecule has 0 aliphatic heterocycles. The van der Waals surface area contributed by atoms with Gasteiger partial charge in [-0.15, -0.1) is 0 Å². The molecule has 3 N–H and O–H groups in total. The first kappa shape index (κ1) is 13.6. The third-order valence-electron chi connectivity index (χ3n) is 2.66. The summed E-state index contributed by atoms with van der Waals surface area (Å²) in [4.78, 5) is 11.5. The number of rotatable bonds is 5. The zero-order valence-corrected chi connectivity index (χ0v) is 10.2. The van der Waals surface area contributed by atoms with Crippen LogP contribution in [0, 0.1) is 11.7 Å². The van der Waals surface area contributed by atoms with Crippen molar-refractivity contribution in [2.75, 3.05) is 0 Å². The van der Waals surface area contributed by atoms with Crippen LogP contribution >= 0.6 is 0 Å². The minimum Gasteiger partial charge on any atom is -0.352 e. The van der Waals surface area contributed by atoms with E-state index in [0.29, 0.717) is 13.0 Å². The lowest BCUT2D eigenvalue weighted by atomic mass is 10.0. The fourth-order valence-corrected chi connectivity index (χ4v) is 1.37. The summed E-state index contributed by atoms with van der Waals surface area (Å²) in [6.45, 7) is 4.29. The molecule has 17 heavy (non-hydrogen) atoms. The predicted octanol–water partition coefficient (Wildman–Crippen LogP) is 1.82. The summed E-state index contributed by atoms with van der Waals surface area (Å²) in [5.41, 5.74) is 6.54. The number of amides is 1. The van der Waals surface area contributed by atoms with Crippen molar-refractivity contribution in [3.8, 4) is 0 Å². The highest BCUT2D eigenvalue weighted by molar-refractivity contribution is 5.76. The van der Waals surface area contributed by atoms with Crippen molar-refractivity contribution in [3.63, 3.8) is 0 Å². The topological polar surface area (TPSA) is 55.1 Å². The molecular formula is C13H19FN2O. The van der Waals surface area contributed by atoms with Gasteiger partial charge in [0.25, 0.3) is 0 Å². The Morgan fingerprint density at radius 1 is 1.47 bits per heavy atom. The minimum atomic E-state index is -0.296. The van der Waals surface area contributed by atoms with E-state index >= 15 is 0 Å². The Labute approximate surface area is 101 Å². The van der Waals surface area contributed by atoms with E-state index in [1.807, 2.05) is 13.8 Å². The quantitative estimate of drug-likeness (QED) is 0.822. The van der Waals surface area contributed by atoms with Gasteiger partial charge in [0.1, 0.15) is 5.82 Å². The third kappa shape index (κ3) is 4.95. The van der Waals surface area contributed by atoms with Crippen LogP contribution in [0.15, 0.2) is 24.3 Å². The molecule has 0 bridgehead atoms. The van der Waals surface area contributed by atoms with E-state index in [4.69, 9.17) is 5.73 Å². The first-order valence-corrected chi connectivity index (χ1v) is 5.75. The van der Waals surface area contributed by atoms with Gasteiger partial charge in [0, 0.05) is 19.0 Å². The maximum Gasteiger partial charge on any atom is 0.221 e. The Hall–Kier alpha value is -1.42. The van der Waals surface area contributed by atoms with Crippen LogP contribution in [0.25, 0.3) is 0 Å². The molecule has 0 radical (unpaired) electrons. The fourth-order valence-electron chi connectivity index (χ4n) is 1.37. The molecule has 0 heterocycles. The van der Waals surface area contributed by atoms with Crippen LogP contribution in [0.2, 0.25) is 0 Å². The number of nitrogens with two attached hydrogens (primary N) is 1. The smallest absolute Gasteiger partial charge is 0.221 e. The van der Waals surface area contributed by atoms with E-state index in [9.17, 15) is 9.18 Å². The number of halogens is 1. The molecule has 94 valence electrons. The summed E-state index contributed by atoms with van der Waals surface area (Å²) >= 11 is 0. The Kier molecular flexibility index (Phi) is 5.10. The van der Waals surface area contributed by atoms with Crippen LogP contribution < -0.4 is 11.1 Å². The van der Waals surface area contributed by atoms with Crippen molar-refractivity contribution in [2.45, 2.75) is 32.9 Å². The van der Waals surface area contributed by atoms with Gasteiger partial charge in [-0.1, -0.05) is 26.0 Å². The summed E-state index contributed by atoms with van der Waals surface area (Å²) in [7, 11) is 0. The molecule has 1 aromatic rings. The highest BCUT2D eigenvalue weighted by Gasteiger charge is 2.12. The van der Waals surface area contributed by atoms with Crippen LogP contribution in [-0.4, -0.2) is 11.9 Å². The standard InChI is InChI=1S/C13H19FN2O/c1-9(2)12(15)7-13(17)16-8-10-4-3-5-11(14)6-10/h3-6,9,12H,7-8,15H2,1-2H3,(H,16,17). The first-order valence-electron chi connectivity index (χ1n) is 5.75. The molecule has 0 fully saturated rings. The van der Waals surface area contributed by atoms with Gasteiger partial charge in [-0.05, 0) is 23.6 Å². The second-order valence-electron chi connectivity index (χ2n) is 4.52. The maximum atomic E-state index is 12.9. The molecular weight excluding hydrogens is 219 g/mol. The van der Waals surface area contributed by atoms with Crippen molar-refractivity contribution in [1.82, 2.24) is 5.32 Å². The SMILES string of the molecule is CC(C)C(N)CC(=O)NCc1cccc(F)c1. The van der Waals surface area contributed by atoms with E-state index in [1.165, 1.54) is 12.1 Å². The number of benzene rings is 1. The lowest BCUT2D eigenvalue weighted by Crippen LogP contribution is -2.34. The molecule has 4 heteroatoms. The van der Waals surface area contributed by atoms with Gasteiger partial charge in [-0.2, -0.15) is 0 Å². The number of hydrogen-bond donors (Lipinski definition) is 2. The minimum absolute atomic E-state index is 0.101. The largest absolute Gasteiger partial charge is 0.352 e. The molecule has 0 saturated heterocycles. The van der Waals surface area contributed by atoms with E-state index < -0.39 is 0 Å². The Balaban J connectivity index is 2.38. The second kappa shape index (κ2) is 6.35. The van der Waals surface area contributed by atoms with Gasteiger partial charge in [-0.3, -0.25) is 4.79 Å². The molecule has 1 unspecified atom stereocenters. The predicted molar refractivity (Wildman–Crippen MR) is 65.7 cm³/mol. The number of carbonyl (C=O) groups excluding carboxylic acids is 1. The molecule has 0 saturated carbocycles. The van der Waals surface area contributed by atoms with Crippen molar-refractivity contribution in [2.24, 2.45) is 11.7 Å². The van der Waals surface area contributed by atoms with Crippen molar-refractivity contribution in [1.29, 1.82) is 0 Å². The average molecular weight is 238 g/mol. The normalized spacial score (nSPS) is 12.5. The Morgan fingerprint density at radius 3 is 2.76 bits per heavy atom. The van der Waals surface area contributed by atoms with Crippen LogP contribution in [-0.2, 0) is 11.3 Å². The van der Waals surface area contributed by atoms with Gasteiger partial charge < -0.3 is 11.1 Å². The van der Waals surface area contributed by atoms with E-state index in [2.05, 4.69) is 5.32 Å². The number of carbonyl (C=O) groups is 1. The average Bonchev–Trinajstić information content (AvgIpc) is 2.26. The first-order chi connectivity index (χ1) is 7.99. The van der Waals surface area contributed by atoms with Gasteiger partial charge >= 0.3 is 0 Å². The fraction of sp³-hybridized carbons (Fsp3) is 0.462. The third-order valence-corrected chi connectivity index (χ3v) is 2.66. The summed E-state index contributed by atoms with van der Waals surface area (Å²) in [5.74, 6) is -0.124. The zero-order valence-electron chi connectivity index (χ0n) is 10.2. The molecule has 0 aliphatic rings. The Morgan fingerprint density at radius 2 is 2.18 bits per heavy atom. The van der Waals surface area contributed by atoms with E-state index in [1.54, 1.807) is 12.1 Å². The van der Waals surface area contributed by atoms with E-state index in [-0.39, 0.29) is 23.7 Å². The highest BCUT2D eigenvalue weighted by atomic mass is 19.1. The highest BCUT2D eigenvalue weighted by Crippen LogP contribution is 2.05. The molecule has 1 aromatic carbocycles. The molecule has 1 amide bonds. The van der Waals surface area contributed by atoms with Crippen molar-refractivity contribution in [3.05, 3.63) is 35.6 Å². The summed E-state index contributed by atoms with van der Waals surface area (Å²) in [6.07, 6.45) is 0.299. The summed E-state index contributed by atoms with van der Waals surface area (Å²) in [6, 6.07) is 6.04. The van der Waals surface area contributed by atoms with Crippen LogP contribution in [0.5, 0.6) is 0 Å². The lowest BCUT2D eigenvalue weighted by molar-refractivity contribution is -0.121. The van der Waals surface area contributed by atoms with Crippen LogP contribution in [0.4, 0.5) is 4.39 Å². The molecule has 3 nitrogen and oxygen atoms in total. The number of hydrogen-bond acceptors (Lipinski definition) is 2. The molecule has 0 aromatic heterocycles. The molecule has 0 spiro atoms. The zero-order chi connectivity index (χ0) is 12.8. The summed E-state index contributed by atoms with van der Waals surface area (Å²) < 4.78 is 12.9. The lowest BCUT2D eigenvalue weighted by Gasteiger charge is -2.15. The van der Waals surface area contributed by atoms with Crippen molar-refractivity contribution >= 4 is 5.91 Å². The van der Waals surface area contributed by atoms with Crippen LogP contribution in [0.1, 0.15) is 25.8 Å². The van der Waals surface area contributed by atoms with E-state index in [0.717, 1.165) is 5.56 Å². The second-order valence-corrected chi connectivity index (χ2v) is 4.52. The van der Waals surface area contributed by atoms with Gasteiger partial charge in [0.15, 0.2) is 0 Å². The summed E-state index contributed by atoms with van der Waals surface area (Å²) in [5, 5.41) is 2.73. The Bertz CT molecular complexity index is 379. The molecule has 1 atom stereocenters.